The van der Waals surface area contributed by atoms with Crippen LogP contribution in [-0.4, -0.2) is 26.3 Å². The second-order valence-corrected chi connectivity index (χ2v) is 10.4. The number of carbonyl (C=O) groups excluding carboxylic acids is 1. The van der Waals surface area contributed by atoms with Crippen LogP contribution in [-0.2, 0) is 15.6 Å². The molecule has 5 nitrogen and oxygen atoms in total. The molecule has 1 aromatic rings. The highest BCUT2D eigenvalue weighted by Gasteiger charge is 2.60. The van der Waals surface area contributed by atoms with Crippen molar-refractivity contribution in [3.05, 3.63) is 35.4 Å². The minimum absolute atomic E-state index is 0.0218. The topological polar surface area (TPSA) is 75.6 Å². The number of rotatable bonds is 4. The van der Waals surface area contributed by atoms with Gasteiger partial charge in [-0.25, -0.2) is 13.8 Å². The maximum Gasteiger partial charge on any atom is 0.271 e. The van der Waals surface area contributed by atoms with E-state index in [2.05, 4.69) is 31.3 Å². The van der Waals surface area contributed by atoms with Crippen LogP contribution in [0, 0.1) is 16.7 Å². The molecule has 0 spiro atoms. The molecule has 1 amide bonds. The second-order valence-electron chi connectivity index (χ2n) is 8.26. The van der Waals surface area contributed by atoms with Crippen LogP contribution in [0.5, 0.6) is 0 Å². The molecular formula is C19H26N2O3S. The van der Waals surface area contributed by atoms with Gasteiger partial charge in [-0.3, -0.25) is 4.79 Å². The van der Waals surface area contributed by atoms with Gasteiger partial charge >= 0.3 is 0 Å². The molecule has 2 bridgehead atoms. The van der Waals surface area contributed by atoms with Gasteiger partial charge in [0.2, 0.25) is 0 Å². The number of hydrogen-bond donors (Lipinski definition) is 1. The third kappa shape index (κ3) is 3.24. The molecule has 0 radical (unpaired) electrons. The van der Waals surface area contributed by atoms with Crippen molar-refractivity contribution >= 4 is 21.5 Å². The molecule has 0 heterocycles. The van der Waals surface area contributed by atoms with Crippen molar-refractivity contribution in [2.75, 3.05) is 6.26 Å². The SMILES string of the molecule is CC1(C)[C@H]2CC[C@]1(C)/C(=N/NC(=O)c1ccc(CS(C)(=O)=O)cc1)C2. The van der Waals surface area contributed by atoms with Crippen molar-refractivity contribution in [2.45, 2.75) is 45.8 Å². The summed E-state index contributed by atoms with van der Waals surface area (Å²) in [5, 5.41) is 4.45. The van der Waals surface area contributed by atoms with E-state index in [1.54, 1.807) is 24.3 Å². The fourth-order valence-corrected chi connectivity index (χ4v) is 5.13. The Morgan fingerprint density at radius 3 is 2.36 bits per heavy atom. The Labute approximate surface area is 149 Å². The van der Waals surface area contributed by atoms with Gasteiger partial charge in [-0.2, -0.15) is 5.10 Å². The fourth-order valence-electron chi connectivity index (χ4n) is 4.34. The van der Waals surface area contributed by atoms with E-state index in [0.29, 0.717) is 17.0 Å². The smallest absolute Gasteiger partial charge is 0.267 e. The zero-order chi connectivity index (χ0) is 18.5. The van der Waals surface area contributed by atoms with Crippen molar-refractivity contribution < 1.29 is 13.2 Å². The fraction of sp³-hybridized carbons (Fsp3) is 0.579. The molecule has 6 heteroatoms. The van der Waals surface area contributed by atoms with Crippen LogP contribution in [0.25, 0.3) is 0 Å². The number of hydrogen-bond acceptors (Lipinski definition) is 4. The molecule has 2 saturated carbocycles. The van der Waals surface area contributed by atoms with Crippen LogP contribution >= 0.6 is 0 Å². The van der Waals surface area contributed by atoms with Crippen LogP contribution in [0.3, 0.4) is 0 Å². The molecule has 25 heavy (non-hydrogen) atoms. The van der Waals surface area contributed by atoms with Gasteiger partial charge in [-0.1, -0.05) is 32.9 Å². The lowest BCUT2D eigenvalue weighted by Crippen LogP contribution is -2.34. The summed E-state index contributed by atoms with van der Waals surface area (Å²) in [7, 11) is -3.08. The van der Waals surface area contributed by atoms with E-state index in [-0.39, 0.29) is 22.5 Å². The van der Waals surface area contributed by atoms with E-state index in [4.69, 9.17) is 0 Å². The minimum Gasteiger partial charge on any atom is -0.267 e. The Morgan fingerprint density at radius 1 is 1.24 bits per heavy atom. The number of carbonyl (C=O) groups is 1. The summed E-state index contributed by atoms with van der Waals surface area (Å²) in [5.74, 6) is 0.359. The van der Waals surface area contributed by atoms with Crippen molar-refractivity contribution in [1.82, 2.24) is 5.43 Å². The monoisotopic (exact) mass is 362 g/mol. The summed E-state index contributed by atoms with van der Waals surface area (Å²) in [6.07, 6.45) is 4.51. The van der Waals surface area contributed by atoms with Crippen LogP contribution in [0.1, 0.15) is 56.0 Å². The average Bonchev–Trinajstić information content (AvgIpc) is 2.84. The van der Waals surface area contributed by atoms with Crippen molar-refractivity contribution in [1.29, 1.82) is 0 Å². The Bertz CT molecular complexity index is 825. The second kappa shape index (κ2) is 5.94. The number of fused-ring (bicyclic) bond motifs is 2. The number of sulfone groups is 1. The number of nitrogens with one attached hydrogen (secondary N) is 1. The van der Waals surface area contributed by atoms with Crippen LogP contribution in [0.15, 0.2) is 29.4 Å². The molecular weight excluding hydrogens is 336 g/mol. The Morgan fingerprint density at radius 2 is 1.88 bits per heavy atom. The van der Waals surface area contributed by atoms with Gasteiger partial charge in [-0.15, -0.1) is 0 Å². The third-order valence-electron chi connectivity index (χ3n) is 6.45. The molecule has 0 saturated heterocycles. The van der Waals surface area contributed by atoms with E-state index >= 15 is 0 Å². The van der Waals surface area contributed by atoms with Crippen molar-refractivity contribution in [3.8, 4) is 0 Å². The zero-order valence-electron chi connectivity index (χ0n) is 15.3. The van der Waals surface area contributed by atoms with E-state index in [9.17, 15) is 13.2 Å². The predicted molar refractivity (Wildman–Crippen MR) is 99.1 cm³/mol. The molecule has 2 atom stereocenters. The zero-order valence-corrected chi connectivity index (χ0v) is 16.1. The van der Waals surface area contributed by atoms with Gasteiger partial charge in [0.15, 0.2) is 9.84 Å². The molecule has 2 fully saturated rings. The molecule has 1 N–H and O–H groups in total. The predicted octanol–water partition coefficient (Wildman–Crippen LogP) is 3.16. The number of nitrogens with zero attached hydrogens (tertiary/aromatic N) is 1. The van der Waals surface area contributed by atoms with Gasteiger partial charge in [-0.05, 0) is 48.3 Å². The summed E-state index contributed by atoms with van der Waals surface area (Å²) in [5.41, 5.74) is 5.22. The first-order chi connectivity index (χ1) is 11.5. The first-order valence-electron chi connectivity index (χ1n) is 8.67. The van der Waals surface area contributed by atoms with Crippen LogP contribution < -0.4 is 5.43 Å². The van der Waals surface area contributed by atoms with Crippen molar-refractivity contribution in [3.63, 3.8) is 0 Å². The van der Waals surface area contributed by atoms with Gasteiger partial charge in [0.05, 0.1) is 5.75 Å². The highest BCUT2D eigenvalue weighted by molar-refractivity contribution is 7.89. The summed E-state index contributed by atoms with van der Waals surface area (Å²) < 4.78 is 22.6. The number of amides is 1. The highest BCUT2D eigenvalue weighted by Crippen LogP contribution is 2.63. The first kappa shape index (κ1) is 18.1. The van der Waals surface area contributed by atoms with E-state index in [1.165, 1.54) is 12.7 Å². The summed E-state index contributed by atoms with van der Waals surface area (Å²) >= 11 is 0. The largest absolute Gasteiger partial charge is 0.271 e. The summed E-state index contributed by atoms with van der Waals surface area (Å²) in [6, 6.07) is 6.63. The van der Waals surface area contributed by atoms with E-state index in [0.717, 1.165) is 18.6 Å². The van der Waals surface area contributed by atoms with Gasteiger partial charge in [0.1, 0.15) is 0 Å². The molecule has 1 aromatic carbocycles. The normalized spacial score (nSPS) is 29.1. The van der Waals surface area contributed by atoms with Crippen LogP contribution in [0.2, 0.25) is 0 Å². The van der Waals surface area contributed by atoms with Crippen LogP contribution in [0.4, 0.5) is 0 Å². The Balaban J connectivity index is 1.69. The van der Waals surface area contributed by atoms with Gasteiger partial charge in [0, 0.05) is 22.9 Å². The van der Waals surface area contributed by atoms with E-state index in [1.807, 2.05) is 0 Å². The summed E-state index contributed by atoms with van der Waals surface area (Å²) in [6.45, 7) is 6.86. The lowest BCUT2D eigenvalue weighted by Gasteiger charge is -2.34. The maximum atomic E-state index is 12.3. The molecule has 0 aliphatic heterocycles. The first-order valence-corrected chi connectivity index (χ1v) is 10.7. The molecule has 0 aromatic heterocycles. The summed E-state index contributed by atoms with van der Waals surface area (Å²) in [4.78, 5) is 12.3. The third-order valence-corrected chi connectivity index (χ3v) is 7.31. The standard InChI is InChI=1S/C19H26N2O3S/c1-18(2)15-9-10-19(18,3)16(11-15)20-21-17(22)14-7-5-13(6-8-14)12-25(4,23)24/h5-8,15H,9-12H2,1-4H3,(H,21,22)/b20-16+/t15-,19+/m0/s1. The molecule has 2 aliphatic rings. The number of hydrazone groups is 1. The lowest BCUT2D eigenvalue weighted by molar-refractivity contribution is 0.0954. The molecule has 2 aliphatic carbocycles. The number of benzene rings is 1. The molecule has 136 valence electrons. The van der Waals surface area contributed by atoms with Crippen molar-refractivity contribution in [2.24, 2.45) is 21.8 Å². The minimum atomic E-state index is -3.08. The van der Waals surface area contributed by atoms with E-state index < -0.39 is 9.84 Å². The quantitative estimate of drug-likeness (QED) is 0.836. The maximum absolute atomic E-state index is 12.3. The van der Waals surface area contributed by atoms with Gasteiger partial charge in [0.25, 0.3) is 5.91 Å². The van der Waals surface area contributed by atoms with Gasteiger partial charge < -0.3 is 0 Å². The molecule has 0 unspecified atom stereocenters. The lowest BCUT2D eigenvalue weighted by atomic mass is 9.70. The Kier molecular flexibility index (Phi) is 4.30. The Hall–Kier alpha value is -1.69. The molecule has 3 rings (SSSR count). The average molecular weight is 362 g/mol. The highest BCUT2D eigenvalue weighted by atomic mass is 32.2.